The van der Waals surface area contributed by atoms with E-state index in [2.05, 4.69) is 20.0 Å². The number of sulfonamides is 1. The molecule has 2 aromatic carbocycles. The number of amides is 1. The Morgan fingerprint density at radius 1 is 1.06 bits per heavy atom. The smallest absolute Gasteiger partial charge is 0.264 e. The Morgan fingerprint density at radius 2 is 1.79 bits per heavy atom. The van der Waals surface area contributed by atoms with Crippen molar-refractivity contribution in [2.75, 3.05) is 17.1 Å². The third-order valence-electron chi connectivity index (χ3n) is 4.51. The highest BCUT2D eigenvalue weighted by atomic mass is 35.5. The molecule has 0 atom stereocenters. The monoisotopic (exact) mass is 488 g/mol. The number of anilines is 2. The molecular formula is C22H21ClN4O5S. The van der Waals surface area contributed by atoms with Gasteiger partial charge in [-0.1, -0.05) is 11.6 Å². The topological polar surface area (TPSA) is 127 Å². The molecule has 0 unspecified atom stereocenters. The average molecular weight is 489 g/mol. The SMILES string of the molecule is COc1ccc(Cl)cc1C(=O)CCC(=O)Nc1ccc(S(=O)(=O)Nc2nccc(C)n2)cc1. The Kier molecular flexibility index (Phi) is 7.62. The van der Waals surface area contributed by atoms with Crippen LogP contribution in [0.1, 0.15) is 28.9 Å². The van der Waals surface area contributed by atoms with Crippen molar-refractivity contribution in [1.82, 2.24) is 9.97 Å². The van der Waals surface area contributed by atoms with Crippen LogP contribution < -0.4 is 14.8 Å². The van der Waals surface area contributed by atoms with E-state index in [4.69, 9.17) is 16.3 Å². The maximum Gasteiger partial charge on any atom is 0.264 e. The summed E-state index contributed by atoms with van der Waals surface area (Å²) in [6.07, 6.45) is 1.34. The summed E-state index contributed by atoms with van der Waals surface area (Å²) >= 11 is 5.94. The van der Waals surface area contributed by atoms with E-state index in [0.29, 0.717) is 27.7 Å². The molecule has 0 aliphatic heterocycles. The fourth-order valence-electron chi connectivity index (χ4n) is 2.88. The normalized spacial score (nSPS) is 11.0. The van der Waals surface area contributed by atoms with Crippen LogP contribution in [0.15, 0.2) is 59.6 Å². The number of carbonyl (C=O) groups is 2. The van der Waals surface area contributed by atoms with Gasteiger partial charge in [-0.25, -0.2) is 23.1 Å². The molecule has 0 aliphatic carbocycles. The van der Waals surface area contributed by atoms with Gasteiger partial charge in [0.1, 0.15) is 5.75 Å². The van der Waals surface area contributed by atoms with E-state index in [1.807, 2.05) is 0 Å². The second-order valence-corrected chi connectivity index (χ2v) is 9.09. The molecule has 0 spiro atoms. The van der Waals surface area contributed by atoms with Gasteiger partial charge in [0.25, 0.3) is 10.0 Å². The van der Waals surface area contributed by atoms with Crippen LogP contribution in [-0.4, -0.2) is 37.2 Å². The lowest BCUT2D eigenvalue weighted by atomic mass is 10.1. The number of hydrogen-bond acceptors (Lipinski definition) is 7. The summed E-state index contributed by atoms with van der Waals surface area (Å²) in [5, 5.41) is 3.03. The summed E-state index contributed by atoms with van der Waals surface area (Å²) < 4.78 is 32.5. The molecule has 0 aliphatic rings. The Balaban J connectivity index is 1.59. The second-order valence-electron chi connectivity index (χ2n) is 6.97. The minimum absolute atomic E-state index is 0.0196. The van der Waals surface area contributed by atoms with E-state index in [1.165, 1.54) is 43.6 Å². The van der Waals surface area contributed by atoms with E-state index < -0.39 is 15.9 Å². The number of rotatable bonds is 9. The molecule has 1 heterocycles. The zero-order valence-electron chi connectivity index (χ0n) is 17.8. The molecule has 33 heavy (non-hydrogen) atoms. The van der Waals surface area contributed by atoms with Gasteiger partial charge >= 0.3 is 0 Å². The van der Waals surface area contributed by atoms with Gasteiger partial charge in [0.05, 0.1) is 17.6 Å². The largest absolute Gasteiger partial charge is 0.496 e. The third kappa shape index (κ3) is 6.50. The molecule has 9 nitrogen and oxygen atoms in total. The Bertz CT molecular complexity index is 1280. The molecule has 0 bridgehead atoms. The number of nitrogens with one attached hydrogen (secondary N) is 2. The minimum atomic E-state index is -3.89. The van der Waals surface area contributed by atoms with Crippen molar-refractivity contribution in [1.29, 1.82) is 0 Å². The van der Waals surface area contributed by atoms with Gasteiger partial charge < -0.3 is 10.1 Å². The number of benzene rings is 2. The van der Waals surface area contributed by atoms with Crippen LogP contribution in [0.25, 0.3) is 0 Å². The standard InChI is InChI=1S/C22H21ClN4O5S/c1-14-11-12-24-22(25-14)27-33(30,31)17-6-4-16(5-7-17)26-21(29)10-8-19(28)18-13-15(23)3-9-20(18)32-2/h3-7,9,11-13H,8,10H2,1-2H3,(H,26,29)(H,24,25,27). The predicted octanol–water partition coefficient (Wildman–Crippen LogP) is 3.85. The number of Topliss-reactive ketones (excluding diaryl/α,β-unsaturated/α-hetero) is 1. The highest BCUT2D eigenvalue weighted by molar-refractivity contribution is 7.92. The van der Waals surface area contributed by atoms with Crippen LogP contribution in [0, 0.1) is 6.92 Å². The van der Waals surface area contributed by atoms with Crippen molar-refractivity contribution in [2.24, 2.45) is 0 Å². The molecule has 172 valence electrons. The van der Waals surface area contributed by atoms with Gasteiger partial charge in [0.15, 0.2) is 5.78 Å². The van der Waals surface area contributed by atoms with Gasteiger partial charge in [0.2, 0.25) is 11.9 Å². The average Bonchev–Trinajstić information content (AvgIpc) is 2.77. The first-order chi connectivity index (χ1) is 15.7. The van der Waals surface area contributed by atoms with E-state index in [1.54, 1.807) is 25.1 Å². The molecule has 3 rings (SSSR count). The first kappa shape index (κ1) is 24.1. The van der Waals surface area contributed by atoms with E-state index in [9.17, 15) is 18.0 Å². The summed E-state index contributed by atoms with van der Waals surface area (Å²) in [6, 6.07) is 11.9. The van der Waals surface area contributed by atoms with Crippen LogP contribution in [-0.2, 0) is 14.8 Å². The molecule has 3 aromatic rings. The van der Waals surface area contributed by atoms with Crippen LogP contribution in [0.3, 0.4) is 0 Å². The number of aromatic nitrogens is 2. The second kappa shape index (κ2) is 10.4. The number of halogens is 1. The van der Waals surface area contributed by atoms with Crippen LogP contribution >= 0.6 is 11.6 Å². The number of carbonyl (C=O) groups excluding carboxylic acids is 2. The minimum Gasteiger partial charge on any atom is -0.496 e. The summed E-state index contributed by atoms with van der Waals surface area (Å²) in [6.45, 7) is 1.72. The zero-order chi connectivity index (χ0) is 24.0. The van der Waals surface area contributed by atoms with Gasteiger partial charge in [-0.3, -0.25) is 9.59 Å². The fourth-order valence-corrected chi connectivity index (χ4v) is 4.00. The van der Waals surface area contributed by atoms with Crippen molar-refractivity contribution < 1.29 is 22.7 Å². The van der Waals surface area contributed by atoms with Crippen molar-refractivity contribution in [3.8, 4) is 5.75 Å². The maximum absolute atomic E-state index is 12.5. The van der Waals surface area contributed by atoms with Gasteiger partial charge in [-0.2, -0.15) is 0 Å². The fraction of sp³-hybridized carbons (Fsp3) is 0.182. The quantitative estimate of drug-likeness (QED) is 0.438. The van der Waals surface area contributed by atoms with Crippen molar-refractivity contribution in [2.45, 2.75) is 24.7 Å². The molecule has 0 saturated heterocycles. The number of aryl methyl sites for hydroxylation is 1. The highest BCUT2D eigenvalue weighted by Gasteiger charge is 2.17. The highest BCUT2D eigenvalue weighted by Crippen LogP contribution is 2.24. The molecule has 2 N–H and O–H groups in total. The molecular weight excluding hydrogens is 468 g/mol. The Morgan fingerprint density at radius 3 is 2.45 bits per heavy atom. The Labute approximate surface area is 196 Å². The molecule has 0 fully saturated rings. The van der Waals surface area contributed by atoms with Crippen LogP contribution in [0.5, 0.6) is 5.75 Å². The lowest BCUT2D eigenvalue weighted by Crippen LogP contribution is -2.16. The molecule has 0 radical (unpaired) electrons. The van der Waals surface area contributed by atoms with E-state index >= 15 is 0 Å². The lowest BCUT2D eigenvalue weighted by molar-refractivity contribution is -0.116. The third-order valence-corrected chi connectivity index (χ3v) is 6.09. The van der Waals surface area contributed by atoms with Crippen molar-refractivity contribution >= 4 is 45.0 Å². The Hall–Kier alpha value is -3.50. The van der Waals surface area contributed by atoms with Crippen LogP contribution in [0.2, 0.25) is 5.02 Å². The first-order valence-electron chi connectivity index (χ1n) is 9.77. The number of nitrogens with zero attached hydrogens (tertiary/aromatic N) is 2. The van der Waals surface area contributed by atoms with Crippen molar-refractivity contribution in [3.63, 3.8) is 0 Å². The van der Waals surface area contributed by atoms with Crippen LogP contribution in [0.4, 0.5) is 11.6 Å². The number of hydrogen-bond donors (Lipinski definition) is 2. The number of ketones is 1. The number of ether oxygens (including phenoxy) is 1. The molecule has 0 saturated carbocycles. The van der Waals surface area contributed by atoms with Gasteiger partial charge in [0, 0.05) is 35.4 Å². The van der Waals surface area contributed by atoms with Crippen molar-refractivity contribution in [3.05, 3.63) is 71.0 Å². The first-order valence-corrected chi connectivity index (χ1v) is 11.6. The molecule has 1 aromatic heterocycles. The van der Waals surface area contributed by atoms with Gasteiger partial charge in [-0.15, -0.1) is 0 Å². The summed E-state index contributed by atoms with van der Waals surface area (Å²) in [7, 11) is -2.45. The zero-order valence-corrected chi connectivity index (χ0v) is 19.4. The molecule has 11 heteroatoms. The summed E-state index contributed by atoms with van der Waals surface area (Å²) in [5.74, 6) is -0.332. The van der Waals surface area contributed by atoms with Gasteiger partial charge in [-0.05, 0) is 55.5 Å². The summed E-state index contributed by atoms with van der Waals surface area (Å²) in [4.78, 5) is 32.6. The van der Waals surface area contributed by atoms with E-state index in [0.717, 1.165) is 0 Å². The lowest BCUT2D eigenvalue weighted by Gasteiger charge is -2.10. The summed E-state index contributed by atoms with van der Waals surface area (Å²) in [5.41, 5.74) is 1.31. The predicted molar refractivity (Wildman–Crippen MR) is 124 cm³/mol. The number of methoxy groups -OCH3 is 1. The van der Waals surface area contributed by atoms with E-state index in [-0.39, 0.29) is 29.5 Å². The molecule has 1 amide bonds. The maximum atomic E-state index is 12.5.